The van der Waals surface area contributed by atoms with Crippen molar-refractivity contribution >= 4 is 34.4 Å². The van der Waals surface area contributed by atoms with Gasteiger partial charge in [0, 0.05) is 17.8 Å². The number of halogens is 1. The van der Waals surface area contributed by atoms with Crippen LogP contribution in [0.2, 0.25) is 5.15 Å². The van der Waals surface area contributed by atoms with Crippen molar-refractivity contribution in [2.24, 2.45) is 0 Å². The zero-order chi connectivity index (χ0) is 17.2. The van der Waals surface area contributed by atoms with Crippen LogP contribution in [0.3, 0.4) is 0 Å². The molecule has 4 heterocycles. The average Bonchev–Trinajstić information content (AvgIpc) is 2.59. The molecule has 0 atom stereocenters. The SMILES string of the molecule is O=C(Nc1ccc2cccnc2n1)c1cnc(Cl)c(OC2COC2)c1. The van der Waals surface area contributed by atoms with Crippen molar-refractivity contribution < 1.29 is 14.3 Å². The number of carbonyl (C=O) groups excluding carboxylic acids is 1. The summed E-state index contributed by atoms with van der Waals surface area (Å²) in [6.45, 7) is 1.00. The Balaban J connectivity index is 1.54. The van der Waals surface area contributed by atoms with Crippen LogP contribution in [0.25, 0.3) is 11.0 Å². The zero-order valence-corrected chi connectivity index (χ0v) is 13.7. The number of ether oxygens (including phenoxy) is 2. The van der Waals surface area contributed by atoms with Crippen LogP contribution in [-0.2, 0) is 4.74 Å². The number of hydrogen-bond acceptors (Lipinski definition) is 6. The van der Waals surface area contributed by atoms with E-state index in [2.05, 4.69) is 20.3 Å². The van der Waals surface area contributed by atoms with Gasteiger partial charge < -0.3 is 14.8 Å². The van der Waals surface area contributed by atoms with E-state index in [1.54, 1.807) is 18.3 Å². The van der Waals surface area contributed by atoms with Crippen LogP contribution in [0.4, 0.5) is 5.82 Å². The van der Waals surface area contributed by atoms with Crippen LogP contribution in [0, 0.1) is 0 Å². The van der Waals surface area contributed by atoms with E-state index in [0.29, 0.717) is 36.0 Å². The number of carbonyl (C=O) groups is 1. The van der Waals surface area contributed by atoms with E-state index in [1.165, 1.54) is 6.20 Å². The second-order valence-electron chi connectivity index (χ2n) is 5.49. The highest BCUT2D eigenvalue weighted by Gasteiger charge is 2.22. The standard InChI is InChI=1S/C17H13ClN4O3/c18-15-13(25-12-8-24-9-12)6-11(7-20-15)17(23)22-14-4-3-10-2-1-5-19-16(10)21-14/h1-7,12H,8-9H2,(H,19,21,22,23). The highest BCUT2D eigenvalue weighted by atomic mass is 35.5. The molecule has 1 saturated heterocycles. The molecule has 0 spiro atoms. The molecule has 0 bridgehead atoms. The number of fused-ring (bicyclic) bond motifs is 1. The lowest BCUT2D eigenvalue weighted by molar-refractivity contribution is -0.0797. The molecule has 1 amide bonds. The van der Waals surface area contributed by atoms with Gasteiger partial charge in [-0.1, -0.05) is 11.6 Å². The Bertz CT molecular complexity index is 946. The van der Waals surface area contributed by atoms with Crippen LogP contribution in [0.15, 0.2) is 42.7 Å². The van der Waals surface area contributed by atoms with Crippen molar-refractivity contribution in [3.8, 4) is 5.75 Å². The third-order valence-corrected chi connectivity index (χ3v) is 3.96. The molecule has 1 aliphatic heterocycles. The highest BCUT2D eigenvalue weighted by Crippen LogP contribution is 2.26. The van der Waals surface area contributed by atoms with E-state index in [9.17, 15) is 4.79 Å². The maximum atomic E-state index is 12.4. The summed E-state index contributed by atoms with van der Waals surface area (Å²) in [6, 6.07) is 8.85. The van der Waals surface area contributed by atoms with Crippen molar-refractivity contribution in [1.29, 1.82) is 0 Å². The van der Waals surface area contributed by atoms with Gasteiger partial charge in [-0.05, 0) is 30.3 Å². The highest BCUT2D eigenvalue weighted by molar-refractivity contribution is 6.31. The Kier molecular flexibility index (Phi) is 4.17. The van der Waals surface area contributed by atoms with Gasteiger partial charge in [0.25, 0.3) is 5.91 Å². The number of pyridine rings is 3. The molecule has 1 fully saturated rings. The minimum atomic E-state index is -0.360. The van der Waals surface area contributed by atoms with E-state index in [-0.39, 0.29) is 17.2 Å². The molecule has 126 valence electrons. The van der Waals surface area contributed by atoms with Crippen LogP contribution >= 0.6 is 11.6 Å². The molecule has 1 N–H and O–H groups in total. The summed E-state index contributed by atoms with van der Waals surface area (Å²) in [5, 5.41) is 3.83. The van der Waals surface area contributed by atoms with E-state index >= 15 is 0 Å². The Morgan fingerprint density at radius 2 is 2.16 bits per heavy atom. The van der Waals surface area contributed by atoms with E-state index in [1.807, 2.05) is 18.2 Å². The molecule has 0 aliphatic carbocycles. The summed E-state index contributed by atoms with van der Waals surface area (Å²) in [5.74, 6) is 0.401. The van der Waals surface area contributed by atoms with Gasteiger partial charge in [-0.15, -0.1) is 0 Å². The second-order valence-corrected chi connectivity index (χ2v) is 5.85. The monoisotopic (exact) mass is 356 g/mol. The Morgan fingerprint density at radius 3 is 2.96 bits per heavy atom. The Hall–Kier alpha value is -2.77. The molecule has 8 heteroatoms. The van der Waals surface area contributed by atoms with Crippen molar-refractivity contribution in [2.75, 3.05) is 18.5 Å². The van der Waals surface area contributed by atoms with E-state index in [0.717, 1.165) is 5.39 Å². The van der Waals surface area contributed by atoms with Gasteiger partial charge in [0.15, 0.2) is 16.5 Å². The lowest BCUT2D eigenvalue weighted by Crippen LogP contribution is -2.38. The number of hydrogen-bond donors (Lipinski definition) is 1. The minimum absolute atomic E-state index is 0.0640. The first-order valence-corrected chi connectivity index (χ1v) is 8.00. The summed E-state index contributed by atoms with van der Waals surface area (Å²) >= 11 is 6.02. The predicted octanol–water partition coefficient (Wildman–Crippen LogP) is 2.71. The average molecular weight is 357 g/mol. The lowest BCUT2D eigenvalue weighted by atomic mass is 10.2. The predicted molar refractivity (Wildman–Crippen MR) is 92.0 cm³/mol. The van der Waals surface area contributed by atoms with Gasteiger partial charge in [-0.2, -0.15) is 0 Å². The number of rotatable bonds is 4. The summed E-state index contributed by atoms with van der Waals surface area (Å²) in [7, 11) is 0. The third kappa shape index (κ3) is 3.38. The van der Waals surface area contributed by atoms with Crippen molar-refractivity contribution in [3.63, 3.8) is 0 Å². The quantitative estimate of drug-likeness (QED) is 0.723. The van der Waals surface area contributed by atoms with Crippen molar-refractivity contribution in [2.45, 2.75) is 6.10 Å². The topological polar surface area (TPSA) is 86.2 Å². The first-order valence-electron chi connectivity index (χ1n) is 7.62. The van der Waals surface area contributed by atoms with E-state index < -0.39 is 0 Å². The maximum Gasteiger partial charge on any atom is 0.258 e. The molecule has 4 rings (SSSR count). The summed E-state index contributed by atoms with van der Waals surface area (Å²) in [4.78, 5) is 24.9. The third-order valence-electron chi connectivity index (χ3n) is 3.68. The maximum absolute atomic E-state index is 12.4. The fourth-order valence-corrected chi connectivity index (χ4v) is 2.46. The second kappa shape index (κ2) is 6.62. The Morgan fingerprint density at radius 1 is 1.28 bits per heavy atom. The number of anilines is 1. The lowest BCUT2D eigenvalue weighted by Gasteiger charge is -2.26. The van der Waals surface area contributed by atoms with Gasteiger partial charge >= 0.3 is 0 Å². The van der Waals surface area contributed by atoms with Crippen molar-refractivity contribution in [1.82, 2.24) is 15.0 Å². The number of amides is 1. The van der Waals surface area contributed by atoms with Gasteiger partial charge in [-0.3, -0.25) is 4.79 Å². The van der Waals surface area contributed by atoms with Gasteiger partial charge in [-0.25, -0.2) is 15.0 Å². The number of nitrogens with zero attached hydrogens (tertiary/aromatic N) is 3. The summed E-state index contributed by atoms with van der Waals surface area (Å²) in [6.07, 6.45) is 2.98. The van der Waals surface area contributed by atoms with Crippen LogP contribution < -0.4 is 10.1 Å². The first kappa shape index (κ1) is 15.7. The molecular formula is C17H13ClN4O3. The summed E-state index contributed by atoms with van der Waals surface area (Å²) in [5.41, 5.74) is 0.881. The fourth-order valence-electron chi connectivity index (χ4n) is 2.31. The largest absolute Gasteiger partial charge is 0.482 e. The number of aromatic nitrogens is 3. The summed E-state index contributed by atoms with van der Waals surface area (Å²) < 4.78 is 10.7. The smallest absolute Gasteiger partial charge is 0.258 e. The van der Waals surface area contributed by atoms with E-state index in [4.69, 9.17) is 21.1 Å². The molecule has 3 aromatic heterocycles. The first-order chi connectivity index (χ1) is 12.2. The number of nitrogens with one attached hydrogen (secondary N) is 1. The van der Waals surface area contributed by atoms with Crippen LogP contribution in [0.1, 0.15) is 10.4 Å². The van der Waals surface area contributed by atoms with Gasteiger partial charge in [0.2, 0.25) is 0 Å². The minimum Gasteiger partial charge on any atom is -0.482 e. The zero-order valence-electron chi connectivity index (χ0n) is 13.0. The fraction of sp³-hybridized carbons (Fsp3) is 0.176. The molecule has 7 nitrogen and oxygen atoms in total. The van der Waals surface area contributed by atoms with Gasteiger partial charge in [0.05, 0.1) is 18.8 Å². The molecule has 25 heavy (non-hydrogen) atoms. The van der Waals surface area contributed by atoms with Crippen LogP contribution in [0.5, 0.6) is 5.75 Å². The van der Waals surface area contributed by atoms with Crippen molar-refractivity contribution in [3.05, 3.63) is 53.4 Å². The molecule has 0 radical (unpaired) electrons. The molecule has 0 saturated carbocycles. The molecule has 0 unspecified atom stereocenters. The Labute approximate surface area is 148 Å². The van der Waals surface area contributed by atoms with Crippen LogP contribution in [-0.4, -0.2) is 40.2 Å². The normalized spacial score (nSPS) is 14.1. The molecular weight excluding hydrogens is 344 g/mol. The van der Waals surface area contributed by atoms with Gasteiger partial charge in [0.1, 0.15) is 11.9 Å². The molecule has 1 aliphatic rings. The molecule has 0 aromatic carbocycles. The molecule has 3 aromatic rings.